The average molecular weight is 288 g/mol. The highest BCUT2D eigenvalue weighted by Crippen LogP contribution is 2.26. The second-order valence-corrected chi connectivity index (χ2v) is 4.13. The van der Waals surface area contributed by atoms with E-state index in [1.807, 2.05) is 0 Å². The van der Waals surface area contributed by atoms with Gasteiger partial charge in [-0.15, -0.1) is 0 Å². The highest BCUT2D eigenvalue weighted by molar-refractivity contribution is 6.33. The molecule has 0 aliphatic carbocycles. The Balaban J connectivity index is 2.33. The summed E-state index contributed by atoms with van der Waals surface area (Å²) >= 11 is 11.5. The number of hydrazine groups is 1. The molecular weight excluding hydrogens is 280 g/mol. The molecule has 0 spiro atoms. The monoisotopic (exact) mass is 287 g/mol. The lowest BCUT2D eigenvalue weighted by atomic mass is 10.3. The summed E-state index contributed by atoms with van der Waals surface area (Å²) in [5.41, 5.74) is 2.47. The fourth-order valence-electron chi connectivity index (χ4n) is 1.24. The molecule has 0 bridgehead atoms. The molecular formula is C10H8Cl2FN5. The van der Waals surface area contributed by atoms with Crippen LogP contribution >= 0.6 is 23.2 Å². The minimum atomic E-state index is -0.514. The van der Waals surface area contributed by atoms with E-state index in [2.05, 4.69) is 20.7 Å². The van der Waals surface area contributed by atoms with Gasteiger partial charge in [-0.3, -0.25) is 5.43 Å². The van der Waals surface area contributed by atoms with Crippen molar-refractivity contribution < 1.29 is 4.39 Å². The maximum absolute atomic E-state index is 13.6. The molecule has 0 aliphatic heterocycles. The third-order valence-corrected chi connectivity index (χ3v) is 2.57. The highest BCUT2D eigenvalue weighted by Gasteiger charge is 2.08. The predicted molar refractivity (Wildman–Crippen MR) is 69.5 cm³/mol. The molecule has 2 aromatic rings. The van der Waals surface area contributed by atoms with E-state index in [4.69, 9.17) is 29.0 Å². The van der Waals surface area contributed by atoms with Gasteiger partial charge < -0.3 is 5.32 Å². The summed E-state index contributed by atoms with van der Waals surface area (Å²) < 4.78 is 13.6. The maximum atomic E-state index is 13.6. The lowest BCUT2D eigenvalue weighted by molar-refractivity contribution is 0.632. The van der Waals surface area contributed by atoms with Crippen LogP contribution in [0.4, 0.5) is 21.8 Å². The number of nitrogens with one attached hydrogen (secondary N) is 2. The van der Waals surface area contributed by atoms with E-state index in [0.717, 1.165) is 0 Å². The third-order valence-electron chi connectivity index (χ3n) is 2.06. The summed E-state index contributed by atoms with van der Waals surface area (Å²) in [6.07, 6.45) is 1.35. The van der Waals surface area contributed by atoms with E-state index < -0.39 is 5.82 Å². The number of rotatable bonds is 3. The van der Waals surface area contributed by atoms with Gasteiger partial charge in [0.25, 0.3) is 0 Å². The van der Waals surface area contributed by atoms with Crippen LogP contribution in [0.3, 0.4) is 0 Å². The van der Waals surface area contributed by atoms with Crippen molar-refractivity contribution in [2.24, 2.45) is 5.84 Å². The standard InChI is InChI=1S/C10H8Cl2FN5/c11-5-1-2-8(7(13)3-5)16-9-6(12)4-15-10(17-9)18-14/h1-4H,14H2,(H2,15,16,17,18). The van der Waals surface area contributed by atoms with Gasteiger partial charge in [-0.05, 0) is 18.2 Å². The minimum absolute atomic E-state index is 0.163. The predicted octanol–water partition coefficient (Wildman–Crippen LogP) is 2.95. The fourth-order valence-corrected chi connectivity index (χ4v) is 1.54. The number of hydrogen-bond acceptors (Lipinski definition) is 5. The molecule has 18 heavy (non-hydrogen) atoms. The SMILES string of the molecule is NNc1ncc(Cl)c(Nc2ccc(Cl)cc2F)n1. The molecule has 5 nitrogen and oxygen atoms in total. The zero-order valence-electron chi connectivity index (χ0n) is 8.92. The quantitative estimate of drug-likeness (QED) is 0.598. The largest absolute Gasteiger partial charge is 0.336 e. The topological polar surface area (TPSA) is 75.9 Å². The molecule has 1 aromatic carbocycles. The van der Waals surface area contributed by atoms with Gasteiger partial charge in [-0.1, -0.05) is 23.2 Å². The first-order chi connectivity index (χ1) is 8.60. The summed E-state index contributed by atoms with van der Waals surface area (Å²) in [7, 11) is 0. The molecule has 0 radical (unpaired) electrons. The van der Waals surface area contributed by atoms with Gasteiger partial charge in [0.1, 0.15) is 10.8 Å². The second-order valence-electron chi connectivity index (χ2n) is 3.28. The lowest BCUT2D eigenvalue weighted by Gasteiger charge is -2.09. The molecule has 0 fully saturated rings. The minimum Gasteiger partial charge on any atom is -0.336 e. The molecule has 8 heteroatoms. The van der Waals surface area contributed by atoms with E-state index >= 15 is 0 Å². The summed E-state index contributed by atoms with van der Waals surface area (Å²) in [6.45, 7) is 0. The van der Waals surface area contributed by atoms with E-state index in [9.17, 15) is 4.39 Å². The Morgan fingerprint density at radius 1 is 1.28 bits per heavy atom. The number of halogens is 3. The van der Waals surface area contributed by atoms with Crippen LogP contribution in [0.15, 0.2) is 24.4 Å². The van der Waals surface area contributed by atoms with Gasteiger partial charge in [0.05, 0.1) is 11.9 Å². The number of nitrogens with zero attached hydrogens (tertiary/aromatic N) is 2. The molecule has 0 amide bonds. The van der Waals surface area contributed by atoms with E-state index in [0.29, 0.717) is 5.02 Å². The zero-order valence-corrected chi connectivity index (χ0v) is 10.4. The van der Waals surface area contributed by atoms with Crippen LogP contribution in [0.25, 0.3) is 0 Å². The first-order valence-corrected chi connectivity index (χ1v) is 5.57. The van der Waals surface area contributed by atoms with Crippen LogP contribution in [0.5, 0.6) is 0 Å². The first kappa shape index (κ1) is 12.8. The molecule has 2 rings (SSSR count). The molecule has 0 saturated heterocycles. The van der Waals surface area contributed by atoms with E-state index in [1.165, 1.54) is 18.3 Å². The molecule has 94 valence electrons. The fraction of sp³-hybridized carbons (Fsp3) is 0. The van der Waals surface area contributed by atoms with Gasteiger partial charge in [0, 0.05) is 5.02 Å². The van der Waals surface area contributed by atoms with Gasteiger partial charge in [0.2, 0.25) is 5.95 Å². The molecule has 0 atom stereocenters. The van der Waals surface area contributed by atoms with E-state index in [1.54, 1.807) is 6.07 Å². The van der Waals surface area contributed by atoms with Crippen LogP contribution in [-0.2, 0) is 0 Å². The zero-order chi connectivity index (χ0) is 13.1. The lowest BCUT2D eigenvalue weighted by Crippen LogP contribution is -2.11. The van der Waals surface area contributed by atoms with Crippen LogP contribution in [0.2, 0.25) is 10.0 Å². The first-order valence-electron chi connectivity index (χ1n) is 4.81. The Morgan fingerprint density at radius 3 is 2.72 bits per heavy atom. The average Bonchev–Trinajstić information content (AvgIpc) is 2.35. The van der Waals surface area contributed by atoms with Crippen LogP contribution < -0.4 is 16.6 Å². The molecule has 0 saturated carbocycles. The summed E-state index contributed by atoms with van der Waals surface area (Å²) in [4.78, 5) is 7.76. The van der Waals surface area contributed by atoms with Crippen molar-refractivity contribution in [1.82, 2.24) is 9.97 Å². The van der Waals surface area contributed by atoms with Crippen molar-refractivity contribution in [2.45, 2.75) is 0 Å². The normalized spacial score (nSPS) is 10.2. The molecule has 1 heterocycles. The number of nitrogens with two attached hydrogens (primary N) is 1. The Kier molecular flexibility index (Phi) is 3.81. The Morgan fingerprint density at radius 2 is 2.06 bits per heavy atom. The third kappa shape index (κ3) is 2.79. The summed E-state index contributed by atoms with van der Waals surface area (Å²) in [5, 5.41) is 3.27. The number of nitrogen functional groups attached to an aromatic ring is 1. The van der Waals surface area contributed by atoms with Gasteiger partial charge in [-0.25, -0.2) is 15.2 Å². The van der Waals surface area contributed by atoms with E-state index in [-0.39, 0.29) is 22.5 Å². The number of aromatic nitrogens is 2. The number of anilines is 3. The Bertz CT molecular complexity index is 578. The van der Waals surface area contributed by atoms with Crippen molar-refractivity contribution in [3.8, 4) is 0 Å². The number of benzene rings is 1. The van der Waals surface area contributed by atoms with Crippen molar-refractivity contribution in [3.63, 3.8) is 0 Å². The molecule has 0 unspecified atom stereocenters. The Hall–Kier alpha value is -1.63. The van der Waals surface area contributed by atoms with Crippen molar-refractivity contribution in [1.29, 1.82) is 0 Å². The van der Waals surface area contributed by atoms with Gasteiger partial charge in [0.15, 0.2) is 5.82 Å². The smallest absolute Gasteiger partial charge is 0.239 e. The van der Waals surface area contributed by atoms with Gasteiger partial charge >= 0.3 is 0 Å². The van der Waals surface area contributed by atoms with Gasteiger partial charge in [-0.2, -0.15) is 4.98 Å². The maximum Gasteiger partial charge on any atom is 0.239 e. The summed E-state index contributed by atoms with van der Waals surface area (Å²) in [5.74, 6) is 5.06. The van der Waals surface area contributed by atoms with Crippen molar-refractivity contribution in [2.75, 3.05) is 10.7 Å². The Labute approximate surface area is 112 Å². The summed E-state index contributed by atoms with van der Waals surface area (Å²) in [6, 6.07) is 4.21. The second kappa shape index (κ2) is 5.34. The highest BCUT2D eigenvalue weighted by atomic mass is 35.5. The van der Waals surface area contributed by atoms with Crippen molar-refractivity contribution >= 4 is 40.7 Å². The van der Waals surface area contributed by atoms with Crippen LogP contribution in [0.1, 0.15) is 0 Å². The number of hydrogen-bond donors (Lipinski definition) is 3. The van der Waals surface area contributed by atoms with Crippen LogP contribution in [0, 0.1) is 5.82 Å². The molecule has 0 aliphatic rings. The van der Waals surface area contributed by atoms with Crippen molar-refractivity contribution in [3.05, 3.63) is 40.3 Å². The molecule has 4 N–H and O–H groups in total. The van der Waals surface area contributed by atoms with Crippen LogP contribution in [-0.4, -0.2) is 9.97 Å². The molecule has 1 aromatic heterocycles.